The first-order valence-electron chi connectivity index (χ1n) is 8.46. The first-order valence-corrected chi connectivity index (χ1v) is 11.9. The van der Waals surface area contributed by atoms with Gasteiger partial charge in [-0.05, 0) is 11.5 Å². The summed E-state index contributed by atoms with van der Waals surface area (Å²) in [5, 5.41) is 1.09. The number of nitrogens with zero attached hydrogens (tertiary/aromatic N) is 2. The van der Waals surface area contributed by atoms with Gasteiger partial charge < -0.3 is 0 Å². The Balaban J connectivity index is 0.000000180. The van der Waals surface area contributed by atoms with E-state index in [1.165, 1.54) is 17.1 Å². The molecule has 2 heterocycles. The van der Waals surface area contributed by atoms with Crippen LogP contribution in [0.3, 0.4) is 0 Å². The molecule has 0 saturated carbocycles. The second-order valence-corrected chi connectivity index (χ2v) is 9.69. The summed E-state index contributed by atoms with van der Waals surface area (Å²) in [7, 11) is -3.58. The van der Waals surface area contributed by atoms with Gasteiger partial charge in [0.1, 0.15) is 4.90 Å². The molecule has 0 unspecified atom stereocenters. The predicted molar refractivity (Wildman–Crippen MR) is 123 cm³/mol. The number of carbonyl (C=O) groups is 2. The molecule has 31 heavy (non-hydrogen) atoms. The Bertz CT molecular complexity index is 1310. The number of imide groups is 1. The van der Waals surface area contributed by atoms with Crippen LogP contribution in [-0.4, -0.2) is 31.5 Å². The highest BCUT2D eigenvalue weighted by Crippen LogP contribution is 2.37. The molecule has 6 nitrogen and oxygen atoms in total. The number of carbonyl (C=O) groups excluding carboxylic acids is 2. The van der Waals surface area contributed by atoms with E-state index in [2.05, 4.69) is 4.98 Å². The Labute approximate surface area is 197 Å². The van der Waals surface area contributed by atoms with Crippen molar-refractivity contribution in [3.63, 3.8) is 0 Å². The van der Waals surface area contributed by atoms with Crippen molar-refractivity contribution in [2.75, 3.05) is 11.2 Å². The zero-order valence-electron chi connectivity index (χ0n) is 15.6. The van der Waals surface area contributed by atoms with Crippen molar-refractivity contribution in [2.24, 2.45) is 0 Å². The van der Waals surface area contributed by atoms with Gasteiger partial charge in [-0.2, -0.15) is 0 Å². The van der Waals surface area contributed by atoms with Crippen LogP contribution < -0.4 is 4.90 Å². The third-order valence-electron chi connectivity index (χ3n) is 4.14. The Morgan fingerprint density at radius 1 is 0.806 bits per heavy atom. The van der Waals surface area contributed by atoms with Crippen molar-refractivity contribution in [1.82, 2.24) is 4.98 Å². The standard InChI is InChI=1S/C14H9NO2.C6H3Cl4NO2S/c16-13-8-9-14(17)15(13)12-7-3-5-10-4-1-2-6-11(10)12;1-14(12,13)4-2(7)5(9)11-6(10)3(4)8/h1-9H;1H3. The Kier molecular flexibility index (Phi) is 6.93. The number of benzene rings is 2. The highest BCUT2D eigenvalue weighted by molar-refractivity contribution is 7.91. The number of sulfone groups is 1. The maximum atomic E-state index is 11.6. The van der Waals surface area contributed by atoms with Gasteiger partial charge in [-0.25, -0.2) is 18.3 Å². The second kappa shape index (κ2) is 9.14. The number of anilines is 1. The lowest BCUT2D eigenvalue weighted by molar-refractivity contribution is -0.119. The van der Waals surface area contributed by atoms with Crippen LogP contribution in [0.1, 0.15) is 0 Å². The highest BCUT2D eigenvalue weighted by atomic mass is 35.5. The van der Waals surface area contributed by atoms with E-state index in [1.54, 1.807) is 6.07 Å². The molecule has 0 bridgehead atoms. The molecular formula is C20H12Cl4N2O4S. The minimum absolute atomic E-state index is 0.193. The van der Waals surface area contributed by atoms with Gasteiger partial charge in [-0.3, -0.25) is 9.59 Å². The lowest BCUT2D eigenvalue weighted by Crippen LogP contribution is -2.29. The average Bonchev–Trinajstić information content (AvgIpc) is 3.04. The molecule has 11 heteroatoms. The number of hydrogen-bond acceptors (Lipinski definition) is 5. The van der Waals surface area contributed by atoms with Crippen LogP contribution in [0.15, 0.2) is 59.5 Å². The molecule has 0 fully saturated rings. The van der Waals surface area contributed by atoms with Crippen LogP contribution in [0.2, 0.25) is 20.4 Å². The molecular weight excluding hydrogens is 506 g/mol. The average molecular weight is 518 g/mol. The van der Waals surface area contributed by atoms with Crippen molar-refractivity contribution < 1.29 is 18.0 Å². The van der Waals surface area contributed by atoms with Gasteiger partial charge in [0.25, 0.3) is 11.8 Å². The quantitative estimate of drug-likeness (QED) is 0.337. The molecule has 1 aliphatic heterocycles. The van der Waals surface area contributed by atoms with E-state index < -0.39 is 9.84 Å². The second-order valence-electron chi connectivity index (χ2n) is 6.27. The van der Waals surface area contributed by atoms with Crippen LogP contribution in [0.4, 0.5) is 5.69 Å². The van der Waals surface area contributed by atoms with Gasteiger partial charge in [-0.15, -0.1) is 0 Å². The fourth-order valence-electron chi connectivity index (χ4n) is 2.83. The number of pyridine rings is 1. The SMILES string of the molecule is CS(=O)(=O)c1c(Cl)c(Cl)nc(Cl)c1Cl.O=C1C=CC(=O)N1c1cccc2ccccc12. The van der Waals surface area contributed by atoms with Gasteiger partial charge in [0, 0.05) is 23.8 Å². The Morgan fingerprint density at radius 3 is 1.87 bits per heavy atom. The number of hydrogen-bond donors (Lipinski definition) is 0. The molecule has 2 aromatic carbocycles. The molecule has 2 amide bonds. The summed E-state index contributed by atoms with van der Waals surface area (Å²) in [6.45, 7) is 0. The smallest absolute Gasteiger partial charge is 0.258 e. The number of fused-ring (bicyclic) bond motifs is 1. The number of aromatic nitrogens is 1. The van der Waals surface area contributed by atoms with E-state index in [0.717, 1.165) is 17.0 Å². The molecule has 0 spiro atoms. The summed E-state index contributed by atoms with van der Waals surface area (Å²) in [6, 6.07) is 13.3. The van der Waals surface area contributed by atoms with Gasteiger partial charge in [0.05, 0.1) is 15.7 Å². The van der Waals surface area contributed by atoms with Crippen molar-refractivity contribution in [3.8, 4) is 0 Å². The van der Waals surface area contributed by atoms with Crippen LogP contribution in [0.25, 0.3) is 10.8 Å². The lowest BCUT2D eigenvalue weighted by atomic mass is 10.1. The lowest BCUT2D eigenvalue weighted by Gasteiger charge is -2.16. The highest BCUT2D eigenvalue weighted by Gasteiger charge is 2.26. The number of amides is 2. The van der Waals surface area contributed by atoms with Gasteiger partial charge in [0.2, 0.25) is 0 Å². The molecule has 4 rings (SSSR count). The van der Waals surface area contributed by atoms with Gasteiger partial charge in [0.15, 0.2) is 20.1 Å². The van der Waals surface area contributed by atoms with Crippen molar-refractivity contribution >= 4 is 84.5 Å². The summed E-state index contributed by atoms with van der Waals surface area (Å²) in [5.41, 5.74) is 0.642. The van der Waals surface area contributed by atoms with Crippen molar-refractivity contribution in [1.29, 1.82) is 0 Å². The maximum Gasteiger partial charge on any atom is 0.258 e. The van der Waals surface area contributed by atoms with E-state index in [9.17, 15) is 18.0 Å². The molecule has 0 radical (unpaired) electrons. The van der Waals surface area contributed by atoms with Crippen molar-refractivity contribution in [3.05, 3.63) is 75.0 Å². The summed E-state index contributed by atoms with van der Waals surface area (Å²) < 4.78 is 22.5. The monoisotopic (exact) mass is 516 g/mol. The first-order chi connectivity index (χ1) is 14.5. The van der Waals surface area contributed by atoms with E-state index in [1.807, 2.05) is 36.4 Å². The summed E-state index contributed by atoms with van der Waals surface area (Å²) in [6.07, 6.45) is 3.54. The molecule has 1 aliphatic rings. The molecule has 0 aliphatic carbocycles. The van der Waals surface area contributed by atoms with E-state index >= 15 is 0 Å². The number of rotatable bonds is 2. The minimum atomic E-state index is -3.58. The summed E-state index contributed by atoms with van der Waals surface area (Å²) in [5.74, 6) is -0.572. The van der Waals surface area contributed by atoms with Gasteiger partial charge in [-0.1, -0.05) is 82.8 Å². The van der Waals surface area contributed by atoms with Crippen LogP contribution in [0.5, 0.6) is 0 Å². The molecule has 0 atom stereocenters. The zero-order chi connectivity index (χ0) is 22.9. The minimum Gasteiger partial charge on any atom is -0.269 e. The Hall–Kier alpha value is -2.16. The van der Waals surface area contributed by atoms with E-state index in [4.69, 9.17) is 46.4 Å². The first kappa shape index (κ1) is 23.5. The zero-order valence-corrected chi connectivity index (χ0v) is 19.5. The summed E-state index contributed by atoms with van der Waals surface area (Å²) in [4.78, 5) is 27.7. The van der Waals surface area contributed by atoms with E-state index in [-0.39, 0.29) is 37.1 Å². The third kappa shape index (κ3) is 4.86. The molecule has 0 N–H and O–H groups in total. The topological polar surface area (TPSA) is 84.4 Å². The largest absolute Gasteiger partial charge is 0.269 e. The maximum absolute atomic E-state index is 11.6. The third-order valence-corrected chi connectivity index (χ3v) is 7.00. The Morgan fingerprint density at radius 2 is 1.32 bits per heavy atom. The van der Waals surface area contributed by atoms with Crippen LogP contribution >= 0.6 is 46.4 Å². The van der Waals surface area contributed by atoms with E-state index in [0.29, 0.717) is 5.69 Å². The molecule has 0 saturated heterocycles. The fourth-order valence-corrected chi connectivity index (χ4v) is 5.36. The summed E-state index contributed by atoms with van der Waals surface area (Å²) >= 11 is 22.4. The normalized spacial score (nSPS) is 13.5. The predicted octanol–water partition coefficient (Wildman–Crippen LogP) is 5.37. The number of halogens is 4. The van der Waals surface area contributed by atoms with Crippen molar-refractivity contribution in [2.45, 2.75) is 4.90 Å². The van der Waals surface area contributed by atoms with Crippen LogP contribution in [0, 0.1) is 0 Å². The molecule has 160 valence electrons. The molecule has 1 aromatic heterocycles. The fraction of sp³-hybridized carbons (Fsp3) is 0.0500. The van der Waals surface area contributed by atoms with Gasteiger partial charge >= 0.3 is 0 Å². The van der Waals surface area contributed by atoms with Crippen LogP contribution in [-0.2, 0) is 19.4 Å². The molecule has 3 aromatic rings.